The third-order valence-electron chi connectivity index (χ3n) is 4.30. The molecule has 2 heterocycles. The molecule has 0 fully saturated rings. The molecule has 9 heteroatoms. The standard InChI is InChI=1S/C19H16F3N5O/c1-2-17-25-15-9-12(20)3-8-16(15)27(17)19-24-10-23-11-26(19)13-4-6-14(7-5-13)28-18(21)22/h3-10,18H,2,11H2,1H3. The second kappa shape index (κ2) is 7.34. The Balaban J connectivity index is 1.77. The summed E-state index contributed by atoms with van der Waals surface area (Å²) in [5.74, 6) is 0.967. The van der Waals surface area contributed by atoms with Crippen LogP contribution < -0.4 is 9.64 Å². The van der Waals surface area contributed by atoms with Gasteiger partial charge in [0.05, 0.1) is 11.0 Å². The normalized spacial score (nSPS) is 14.0. The van der Waals surface area contributed by atoms with Gasteiger partial charge in [0.2, 0.25) is 5.96 Å². The molecule has 0 spiro atoms. The van der Waals surface area contributed by atoms with Gasteiger partial charge in [-0.25, -0.2) is 14.4 Å². The highest BCUT2D eigenvalue weighted by molar-refractivity contribution is 6.06. The molecule has 0 N–H and O–H groups in total. The summed E-state index contributed by atoms with van der Waals surface area (Å²) in [6.45, 7) is -0.642. The molecule has 1 aliphatic heterocycles. The van der Waals surface area contributed by atoms with E-state index in [-0.39, 0.29) is 18.2 Å². The summed E-state index contributed by atoms with van der Waals surface area (Å²) in [6.07, 6.45) is 2.07. The van der Waals surface area contributed by atoms with Crippen molar-refractivity contribution in [1.82, 2.24) is 9.55 Å². The van der Waals surface area contributed by atoms with Gasteiger partial charge in [0.1, 0.15) is 30.4 Å². The van der Waals surface area contributed by atoms with Gasteiger partial charge < -0.3 is 4.74 Å². The van der Waals surface area contributed by atoms with Crippen LogP contribution in [0.2, 0.25) is 0 Å². The summed E-state index contributed by atoms with van der Waals surface area (Å²) in [4.78, 5) is 14.9. The van der Waals surface area contributed by atoms with Crippen molar-refractivity contribution in [2.24, 2.45) is 9.98 Å². The number of benzene rings is 2. The molecule has 0 saturated heterocycles. The van der Waals surface area contributed by atoms with E-state index in [2.05, 4.69) is 19.7 Å². The molecule has 1 aliphatic rings. The van der Waals surface area contributed by atoms with Crippen LogP contribution in [0.3, 0.4) is 0 Å². The molecule has 28 heavy (non-hydrogen) atoms. The zero-order chi connectivity index (χ0) is 19.7. The molecule has 3 aromatic rings. The maximum Gasteiger partial charge on any atom is 0.387 e. The van der Waals surface area contributed by atoms with Crippen molar-refractivity contribution >= 4 is 29.0 Å². The zero-order valence-electron chi connectivity index (χ0n) is 14.9. The number of hydrogen-bond donors (Lipinski definition) is 0. The summed E-state index contributed by atoms with van der Waals surface area (Å²) in [6, 6.07) is 10.6. The Morgan fingerprint density at radius 3 is 2.64 bits per heavy atom. The molecule has 2 aromatic carbocycles. The van der Waals surface area contributed by atoms with Gasteiger partial charge in [0.15, 0.2) is 0 Å². The number of halogens is 3. The lowest BCUT2D eigenvalue weighted by molar-refractivity contribution is -0.0498. The van der Waals surface area contributed by atoms with Crippen LogP contribution in [0.1, 0.15) is 12.7 Å². The van der Waals surface area contributed by atoms with Crippen molar-refractivity contribution in [3.05, 3.63) is 54.1 Å². The van der Waals surface area contributed by atoms with E-state index in [4.69, 9.17) is 0 Å². The Hall–Kier alpha value is -3.36. The number of imidazole rings is 1. The second-order valence-corrected chi connectivity index (χ2v) is 6.02. The first kappa shape index (κ1) is 18.0. The Morgan fingerprint density at radius 1 is 1.14 bits per heavy atom. The van der Waals surface area contributed by atoms with E-state index in [0.29, 0.717) is 23.6 Å². The summed E-state index contributed by atoms with van der Waals surface area (Å²) in [5.41, 5.74) is 1.95. The SMILES string of the molecule is CCc1nc2cc(F)ccc2n1C1=NC=NCN1c1ccc(OC(F)F)cc1. The van der Waals surface area contributed by atoms with Gasteiger partial charge in [-0.1, -0.05) is 6.92 Å². The maximum absolute atomic E-state index is 13.6. The number of rotatable bonds is 4. The lowest BCUT2D eigenvalue weighted by atomic mass is 10.2. The van der Waals surface area contributed by atoms with Crippen LogP contribution in [0.4, 0.5) is 18.9 Å². The number of anilines is 1. The third kappa shape index (κ3) is 3.30. The van der Waals surface area contributed by atoms with Crippen LogP contribution in [-0.4, -0.2) is 35.1 Å². The highest BCUT2D eigenvalue weighted by Crippen LogP contribution is 2.25. The van der Waals surface area contributed by atoms with E-state index >= 15 is 0 Å². The van der Waals surface area contributed by atoms with Gasteiger partial charge >= 0.3 is 6.61 Å². The number of fused-ring (bicyclic) bond motifs is 1. The number of aryl methyl sites for hydroxylation is 1. The van der Waals surface area contributed by atoms with Gasteiger partial charge in [-0.05, 0) is 36.4 Å². The van der Waals surface area contributed by atoms with E-state index in [9.17, 15) is 13.2 Å². The van der Waals surface area contributed by atoms with Crippen molar-refractivity contribution < 1.29 is 17.9 Å². The number of nitrogens with zero attached hydrogens (tertiary/aromatic N) is 5. The predicted molar refractivity (Wildman–Crippen MR) is 101 cm³/mol. The summed E-state index contributed by atoms with van der Waals surface area (Å²) in [7, 11) is 0. The molecule has 4 rings (SSSR count). The highest BCUT2D eigenvalue weighted by atomic mass is 19.3. The van der Waals surface area contributed by atoms with Gasteiger partial charge in [-0.3, -0.25) is 14.5 Å². The second-order valence-electron chi connectivity index (χ2n) is 6.02. The van der Waals surface area contributed by atoms with Crippen molar-refractivity contribution in [1.29, 1.82) is 0 Å². The minimum Gasteiger partial charge on any atom is -0.435 e. The summed E-state index contributed by atoms with van der Waals surface area (Å²) in [5, 5.41) is 0. The molecule has 0 atom stereocenters. The topological polar surface area (TPSA) is 55.0 Å². The van der Waals surface area contributed by atoms with Crippen molar-refractivity contribution in [2.75, 3.05) is 11.6 Å². The van der Waals surface area contributed by atoms with E-state index in [1.165, 1.54) is 30.6 Å². The van der Waals surface area contributed by atoms with Gasteiger partial charge in [0, 0.05) is 18.2 Å². The molecule has 1 aromatic heterocycles. The van der Waals surface area contributed by atoms with E-state index in [0.717, 1.165) is 11.3 Å². The first-order chi connectivity index (χ1) is 13.6. The largest absolute Gasteiger partial charge is 0.435 e. The molecule has 0 bridgehead atoms. The first-order valence-electron chi connectivity index (χ1n) is 8.62. The van der Waals surface area contributed by atoms with Crippen LogP contribution in [-0.2, 0) is 6.42 Å². The number of hydrogen-bond acceptors (Lipinski definition) is 5. The molecule has 0 radical (unpaired) electrons. The lowest BCUT2D eigenvalue weighted by Crippen LogP contribution is -2.39. The van der Waals surface area contributed by atoms with Gasteiger partial charge in [-0.15, -0.1) is 0 Å². The quantitative estimate of drug-likeness (QED) is 0.679. The molecule has 0 amide bonds. The molecular formula is C19H16F3N5O. The molecule has 6 nitrogen and oxygen atoms in total. The monoisotopic (exact) mass is 387 g/mol. The smallest absolute Gasteiger partial charge is 0.387 e. The fourth-order valence-electron chi connectivity index (χ4n) is 3.09. The summed E-state index contributed by atoms with van der Waals surface area (Å²) < 4.78 is 44.6. The van der Waals surface area contributed by atoms with Gasteiger partial charge in [0.25, 0.3) is 0 Å². The average Bonchev–Trinajstić information content (AvgIpc) is 3.05. The minimum absolute atomic E-state index is 0.0653. The fraction of sp³-hybridized carbons (Fsp3) is 0.211. The van der Waals surface area contributed by atoms with E-state index in [1.54, 1.807) is 18.2 Å². The van der Waals surface area contributed by atoms with Crippen LogP contribution >= 0.6 is 0 Å². The fourth-order valence-corrected chi connectivity index (χ4v) is 3.09. The highest BCUT2D eigenvalue weighted by Gasteiger charge is 2.23. The Morgan fingerprint density at radius 2 is 1.93 bits per heavy atom. The zero-order valence-corrected chi connectivity index (χ0v) is 14.9. The minimum atomic E-state index is -2.88. The Kier molecular flexibility index (Phi) is 4.72. The molecule has 0 aliphatic carbocycles. The summed E-state index contributed by atoms with van der Waals surface area (Å²) >= 11 is 0. The lowest BCUT2D eigenvalue weighted by Gasteiger charge is -2.27. The van der Waals surface area contributed by atoms with Crippen LogP contribution in [0.15, 0.2) is 52.4 Å². The Bertz CT molecular complexity index is 1060. The van der Waals surface area contributed by atoms with Crippen LogP contribution in [0.25, 0.3) is 11.0 Å². The molecular weight excluding hydrogens is 371 g/mol. The first-order valence-corrected chi connectivity index (χ1v) is 8.62. The Labute approximate surface area is 158 Å². The molecule has 144 valence electrons. The predicted octanol–water partition coefficient (Wildman–Crippen LogP) is 4.05. The van der Waals surface area contributed by atoms with Crippen LogP contribution in [0, 0.1) is 5.82 Å². The van der Waals surface area contributed by atoms with Crippen molar-refractivity contribution in [3.8, 4) is 5.75 Å². The number of ether oxygens (including phenoxy) is 1. The van der Waals surface area contributed by atoms with Crippen molar-refractivity contribution in [3.63, 3.8) is 0 Å². The molecule has 0 saturated carbocycles. The molecule has 0 unspecified atom stereocenters. The van der Waals surface area contributed by atoms with E-state index in [1.807, 2.05) is 16.4 Å². The average molecular weight is 387 g/mol. The van der Waals surface area contributed by atoms with E-state index < -0.39 is 6.61 Å². The third-order valence-corrected chi connectivity index (χ3v) is 4.30. The van der Waals surface area contributed by atoms with Crippen LogP contribution in [0.5, 0.6) is 5.75 Å². The van der Waals surface area contributed by atoms with Crippen molar-refractivity contribution in [2.45, 2.75) is 20.0 Å². The number of aliphatic imine (C=N–C) groups is 2. The maximum atomic E-state index is 13.6. The number of aromatic nitrogens is 2. The number of alkyl halides is 2. The van der Waals surface area contributed by atoms with Gasteiger partial charge in [-0.2, -0.15) is 8.78 Å².